The van der Waals surface area contributed by atoms with E-state index >= 15 is 0 Å². The van der Waals surface area contributed by atoms with Crippen molar-refractivity contribution < 1.29 is 4.57 Å². The first-order chi connectivity index (χ1) is 12.9. The average molecular weight is 332 g/mol. The highest BCUT2D eigenvalue weighted by Gasteiger charge is 2.34. The minimum atomic E-state index is 0.335. The van der Waals surface area contributed by atoms with E-state index in [0.717, 1.165) is 6.54 Å². The van der Waals surface area contributed by atoms with E-state index in [2.05, 4.69) is 95.7 Å². The van der Waals surface area contributed by atoms with Crippen molar-refractivity contribution in [2.45, 2.75) is 12.5 Å². The maximum Gasteiger partial charge on any atom is 0.213 e. The Kier molecular flexibility index (Phi) is 2.78. The lowest BCUT2D eigenvalue weighted by molar-refractivity contribution is -0.672. The van der Waals surface area contributed by atoms with Crippen molar-refractivity contribution in [1.29, 1.82) is 0 Å². The van der Waals surface area contributed by atoms with Gasteiger partial charge in [-0.25, -0.2) is 0 Å². The summed E-state index contributed by atoms with van der Waals surface area (Å²) in [7, 11) is 0. The SMILES string of the molecule is c1ccc(C2c3ccccc3-c3cc4c(cc32)C[n+]2ccccc2-4)cc1. The van der Waals surface area contributed by atoms with E-state index in [4.69, 9.17) is 0 Å². The number of nitrogens with zero attached hydrogens (tertiary/aromatic N) is 1. The summed E-state index contributed by atoms with van der Waals surface area (Å²) in [6.45, 7) is 0.969. The third kappa shape index (κ3) is 1.83. The van der Waals surface area contributed by atoms with Crippen LogP contribution in [0.25, 0.3) is 22.4 Å². The van der Waals surface area contributed by atoms with Gasteiger partial charge in [0.1, 0.15) is 0 Å². The van der Waals surface area contributed by atoms with Gasteiger partial charge in [-0.3, -0.25) is 0 Å². The van der Waals surface area contributed by atoms with Gasteiger partial charge in [0.05, 0.1) is 5.56 Å². The second-order valence-corrected chi connectivity index (χ2v) is 7.24. The first kappa shape index (κ1) is 14.0. The smallest absolute Gasteiger partial charge is 0.194 e. The Labute approximate surface area is 153 Å². The number of pyridine rings is 1. The molecular weight excluding hydrogens is 314 g/mol. The molecule has 2 heterocycles. The van der Waals surface area contributed by atoms with E-state index in [-0.39, 0.29) is 0 Å². The molecule has 1 atom stereocenters. The molecule has 2 aliphatic rings. The summed E-state index contributed by atoms with van der Waals surface area (Å²) in [6.07, 6.45) is 2.18. The summed E-state index contributed by atoms with van der Waals surface area (Å²) < 4.78 is 2.35. The molecule has 0 bridgehead atoms. The van der Waals surface area contributed by atoms with E-state index in [9.17, 15) is 0 Å². The molecule has 1 nitrogen and oxygen atoms in total. The van der Waals surface area contributed by atoms with Crippen LogP contribution in [0.1, 0.15) is 28.2 Å². The molecule has 1 aliphatic heterocycles. The second kappa shape index (κ2) is 5.15. The fourth-order valence-electron chi connectivity index (χ4n) is 4.71. The van der Waals surface area contributed by atoms with Crippen molar-refractivity contribution in [3.63, 3.8) is 0 Å². The van der Waals surface area contributed by atoms with Crippen LogP contribution in [0.5, 0.6) is 0 Å². The molecule has 1 unspecified atom stereocenters. The normalized spacial score (nSPS) is 15.9. The molecule has 4 aromatic rings. The van der Waals surface area contributed by atoms with Crippen molar-refractivity contribution in [3.05, 3.63) is 113 Å². The van der Waals surface area contributed by atoms with Crippen LogP contribution >= 0.6 is 0 Å². The van der Waals surface area contributed by atoms with Gasteiger partial charge in [0.2, 0.25) is 5.69 Å². The number of hydrogen-bond donors (Lipinski definition) is 0. The van der Waals surface area contributed by atoms with Crippen LogP contribution in [0, 0.1) is 0 Å². The predicted molar refractivity (Wildman–Crippen MR) is 104 cm³/mol. The molecule has 1 heteroatoms. The van der Waals surface area contributed by atoms with Crippen LogP contribution in [0.2, 0.25) is 0 Å². The van der Waals surface area contributed by atoms with Gasteiger partial charge in [-0.05, 0) is 46.0 Å². The standard InChI is InChI=1S/C25H18N/c1-2-8-17(9-3-1)25-20-11-5-4-10-19(20)22-15-21-18(14-23(22)25)16-26-13-7-6-12-24(21)26/h1-15,25H,16H2/q+1. The first-order valence-electron chi connectivity index (χ1n) is 9.20. The van der Waals surface area contributed by atoms with Crippen LogP contribution in [0.15, 0.2) is 91.1 Å². The van der Waals surface area contributed by atoms with E-state index in [1.165, 1.54) is 44.6 Å². The predicted octanol–water partition coefficient (Wildman–Crippen LogP) is 5.16. The van der Waals surface area contributed by atoms with Gasteiger partial charge in [0.25, 0.3) is 0 Å². The van der Waals surface area contributed by atoms with Gasteiger partial charge in [0, 0.05) is 23.6 Å². The lowest BCUT2D eigenvalue weighted by Crippen LogP contribution is -2.31. The summed E-state index contributed by atoms with van der Waals surface area (Å²) in [4.78, 5) is 0. The lowest BCUT2D eigenvalue weighted by Gasteiger charge is -2.14. The summed E-state index contributed by atoms with van der Waals surface area (Å²) in [5.74, 6) is 0.335. The number of rotatable bonds is 1. The Bertz CT molecular complexity index is 1160. The monoisotopic (exact) mass is 332 g/mol. The Morgan fingerprint density at radius 2 is 1.46 bits per heavy atom. The number of benzene rings is 3. The molecular formula is C25H18N+. The minimum Gasteiger partial charge on any atom is -0.194 e. The summed E-state index contributed by atoms with van der Waals surface area (Å²) >= 11 is 0. The number of fused-ring (bicyclic) bond motifs is 6. The fourth-order valence-corrected chi connectivity index (χ4v) is 4.71. The topological polar surface area (TPSA) is 3.88 Å². The van der Waals surface area contributed by atoms with Crippen molar-refractivity contribution in [2.24, 2.45) is 0 Å². The Hall–Kier alpha value is -3.19. The zero-order chi connectivity index (χ0) is 17.1. The van der Waals surface area contributed by atoms with Crippen LogP contribution < -0.4 is 4.57 Å². The van der Waals surface area contributed by atoms with Crippen molar-refractivity contribution in [3.8, 4) is 22.4 Å². The Morgan fingerprint density at radius 1 is 0.654 bits per heavy atom. The molecule has 1 aliphatic carbocycles. The quantitative estimate of drug-likeness (QED) is 0.366. The highest BCUT2D eigenvalue weighted by molar-refractivity contribution is 5.85. The summed E-state index contributed by atoms with van der Waals surface area (Å²) in [6, 6.07) is 31.2. The maximum atomic E-state index is 2.45. The third-order valence-electron chi connectivity index (χ3n) is 5.84. The van der Waals surface area contributed by atoms with E-state index in [1.807, 2.05) is 0 Å². The average Bonchev–Trinajstić information content (AvgIpc) is 3.22. The molecule has 0 saturated heterocycles. The van der Waals surface area contributed by atoms with Crippen molar-refractivity contribution in [1.82, 2.24) is 0 Å². The lowest BCUT2D eigenvalue weighted by atomic mass is 9.88. The molecule has 0 radical (unpaired) electrons. The van der Waals surface area contributed by atoms with Gasteiger partial charge in [-0.2, -0.15) is 4.57 Å². The molecule has 122 valence electrons. The van der Waals surface area contributed by atoms with Crippen LogP contribution in [-0.4, -0.2) is 0 Å². The highest BCUT2D eigenvalue weighted by Crippen LogP contribution is 2.50. The van der Waals surface area contributed by atoms with Gasteiger partial charge in [-0.15, -0.1) is 0 Å². The highest BCUT2D eigenvalue weighted by atomic mass is 15.0. The van der Waals surface area contributed by atoms with Gasteiger partial charge in [-0.1, -0.05) is 54.6 Å². The van der Waals surface area contributed by atoms with Crippen LogP contribution in [0.4, 0.5) is 0 Å². The molecule has 0 saturated carbocycles. The Morgan fingerprint density at radius 3 is 2.38 bits per heavy atom. The van der Waals surface area contributed by atoms with Gasteiger partial charge < -0.3 is 0 Å². The summed E-state index contributed by atoms with van der Waals surface area (Å²) in [5.41, 5.74) is 11.2. The third-order valence-corrected chi connectivity index (χ3v) is 5.84. The number of hydrogen-bond acceptors (Lipinski definition) is 0. The molecule has 6 rings (SSSR count). The molecule has 26 heavy (non-hydrogen) atoms. The molecule has 1 aromatic heterocycles. The molecule has 0 fully saturated rings. The number of aromatic nitrogens is 1. The molecule has 0 amide bonds. The van der Waals surface area contributed by atoms with Gasteiger partial charge >= 0.3 is 0 Å². The van der Waals surface area contributed by atoms with Crippen LogP contribution in [0.3, 0.4) is 0 Å². The molecule has 0 spiro atoms. The minimum absolute atomic E-state index is 0.335. The zero-order valence-corrected chi connectivity index (χ0v) is 14.4. The van der Waals surface area contributed by atoms with E-state index in [0.29, 0.717) is 5.92 Å². The Balaban J connectivity index is 1.63. The maximum absolute atomic E-state index is 2.45. The summed E-state index contributed by atoms with van der Waals surface area (Å²) in [5, 5.41) is 0. The van der Waals surface area contributed by atoms with Crippen molar-refractivity contribution in [2.75, 3.05) is 0 Å². The van der Waals surface area contributed by atoms with Gasteiger partial charge in [0.15, 0.2) is 12.7 Å². The van der Waals surface area contributed by atoms with E-state index < -0.39 is 0 Å². The molecule has 0 N–H and O–H groups in total. The molecule has 3 aromatic carbocycles. The van der Waals surface area contributed by atoms with Crippen LogP contribution in [-0.2, 0) is 6.54 Å². The zero-order valence-electron chi connectivity index (χ0n) is 14.4. The van der Waals surface area contributed by atoms with Crippen molar-refractivity contribution >= 4 is 0 Å². The first-order valence-corrected chi connectivity index (χ1v) is 9.20. The fraction of sp³-hybridized carbons (Fsp3) is 0.0800. The largest absolute Gasteiger partial charge is 0.213 e. The second-order valence-electron chi connectivity index (χ2n) is 7.24. The van der Waals surface area contributed by atoms with E-state index in [1.54, 1.807) is 0 Å².